The minimum atomic E-state index is -1.10. The molecule has 0 aliphatic rings. The van der Waals surface area contributed by atoms with Crippen LogP contribution < -0.4 is 5.32 Å². The van der Waals surface area contributed by atoms with Crippen molar-refractivity contribution in [2.24, 2.45) is 0 Å². The van der Waals surface area contributed by atoms with Crippen molar-refractivity contribution in [1.29, 1.82) is 0 Å². The number of aromatic nitrogens is 2. The third-order valence-electron chi connectivity index (χ3n) is 3.39. The summed E-state index contributed by atoms with van der Waals surface area (Å²) in [4.78, 5) is 36.3. The number of aliphatic carboxylic acids is 1. The summed E-state index contributed by atoms with van der Waals surface area (Å²) in [5.41, 5.74) is 0.359. The molecule has 0 aromatic carbocycles. The van der Waals surface area contributed by atoms with E-state index in [1.54, 1.807) is 6.07 Å². The fraction of sp³-hybridized carbons (Fsp3) is 0.333. The Bertz CT molecular complexity index is 780. The molecule has 1 atom stereocenters. The van der Waals surface area contributed by atoms with Gasteiger partial charge in [-0.25, -0.2) is 14.3 Å². The van der Waals surface area contributed by atoms with Crippen molar-refractivity contribution < 1.29 is 24.2 Å². The summed E-state index contributed by atoms with van der Waals surface area (Å²) < 4.78 is 5.84. The van der Waals surface area contributed by atoms with E-state index in [1.807, 2.05) is 6.92 Å². The lowest BCUT2D eigenvalue weighted by molar-refractivity contribution is -0.140. The molecule has 0 spiro atoms. The molecule has 24 heavy (non-hydrogen) atoms. The average molecular weight is 351 g/mol. The second-order valence-corrected chi connectivity index (χ2v) is 6.07. The highest BCUT2D eigenvalue weighted by Gasteiger charge is 2.23. The van der Waals surface area contributed by atoms with Gasteiger partial charge in [0.25, 0.3) is 5.91 Å². The lowest BCUT2D eigenvalue weighted by Crippen LogP contribution is -2.24. The van der Waals surface area contributed by atoms with Gasteiger partial charge in [-0.1, -0.05) is 6.92 Å². The number of methoxy groups -OCH3 is 1. The lowest BCUT2D eigenvalue weighted by Gasteiger charge is -2.11. The Morgan fingerprint density at radius 3 is 2.75 bits per heavy atom. The van der Waals surface area contributed by atoms with Crippen LogP contribution in [-0.4, -0.2) is 39.8 Å². The first kappa shape index (κ1) is 17.7. The molecule has 0 bridgehead atoms. The van der Waals surface area contributed by atoms with E-state index < -0.39 is 23.9 Å². The fourth-order valence-corrected chi connectivity index (χ4v) is 3.02. The van der Waals surface area contributed by atoms with Gasteiger partial charge in [0.1, 0.15) is 16.7 Å². The number of ether oxygens (including phenoxy) is 1. The van der Waals surface area contributed by atoms with Crippen LogP contribution in [0.2, 0.25) is 0 Å². The van der Waals surface area contributed by atoms with E-state index in [-0.39, 0.29) is 11.3 Å². The van der Waals surface area contributed by atoms with Gasteiger partial charge in [0.2, 0.25) is 0 Å². The van der Waals surface area contributed by atoms with E-state index in [2.05, 4.69) is 10.4 Å². The number of thiophene rings is 1. The molecule has 2 aromatic rings. The van der Waals surface area contributed by atoms with Crippen LogP contribution in [0, 0.1) is 0 Å². The van der Waals surface area contributed by atoms with Crippen molar-refractivity contribution in [3.8, 4) is 0 Å². The number of carbonyl (C=O) groups excluding carboxylic acids is 2. The number of hydrogen-bond donors (Lipinski definition) is 2. The van der Waals surface area contributed by atoms with E-state index in [4.69, 9.17) is 9.84 Å². The number of rotatable bonds is 6. The monoisotopic (exact) mass is 351 g/mol. The summed E-state index contributed by atoms with van der Waals surface area (Å²) in [6.07, 6.45) is 2.06. The normalized spacial score (nSPS) is 11.8. The first-order valence-electron chi connectivity index (χ1n) is 7.17. The molecule has 2 aromatic heterocycles. The number of anilines is 1. The molecule has 2 heterocycles. The van der Waals surface area contributed by atoms with Crippen LogP contribution >= 0.6 is 11.3 Å². The van der Waals surface area contributed by atoms with Gasteiger partial charge in [0, 0.05) is 11.1 Å². The lowest BCUT2D eigenvalue weighted by atomic mass is 10.2. The highest BCUT2D eigenvalue weighted by atomic mass is 32.1. The summed E-state index contributed by atoms with van der Waals surface area (Å²) in [6, 6.07) is 2.10. The second-order valence-electron chi connectivity index (χ2n) is 4.93. The molecule has 9 heteroatoms. The van der Waals surface area contributed by atoms with Gasteiger partial charge >= 0.3 is 11.9 Å². The minimum Gasteiger partial charge on any atom is -0.480 e. The number of nitrogens with one attached hydrogen (secondary N) is 1. The van der Waals surface area contributed by atoms with E-state index in [1.165, 1.54) is 37.6 Å². The SMILES string of the molecule is CCc1cc(C(=O)OC)c(NC(=O)c2ccnn2C(C)C(=O)O)s1. The van der Waals surface area contributed by atoms with Crippen molar-refractivity contribution in [1.82, 2.24) is 9.78 Å². The number of amides is 1. The van der Waals surface area contributed by atoms with Gasteiger partial charge in [0.15, 0.2) is 0 Å². The van der Waals surface area contributed by atoms with Crippen molar-refractivity contribution >= 4 is 34.2 Å². The maximum atomic E-state index is 12.5. The quantitative estimate of drug-likeness (QED) is 0.772. The van der Waals surface area contributed by atoms with E-state index >= 15 is 0 Å². The Morgan fingerprint density at radius 2 is 2.17 bits per heavy atom. The maximum absolute atomic E-state index is 12.5. The zero-order valence-corrected chi connectivity index (χ0v) is 14.2. The number of carboxylic acid groups (broad SMARTS) is 1. The Balaban J connectivity index is 2.31. The molecule has 0 saturated carbocycles. The number of aryl methyl sites for hydroxylation is 1. The van der Waals surface area contributed by atoms with E-state index in [9.17, 15) is 14.4 Å². The largest absolute Gasteiger partial charge is 0.480 e. The van der Waals surface area contributed by atoms with Gasteiger partial charge < -0.3 is 15.2 Å². The predicted octanol–water partition coefficient (Wildman–Crippen LogP) is 2.19. The summed E-state index contributed by atoms with van der Waals surface area (Å²) in [5, 5.41) is 16.0. The highest BCUT2D eigenvalue weighted by Crippen LogP contribution is 2.29. The second kappa shape index (κ2) is 7.26. The molecule has 2 rings (SSSR count). The van der Waals surface area contributed by atoms with Crippen LogP contribution in [0.15, 0.2) is 18.3 Å². The molecule has 0 saturated heterocycles. The average Bonchev–Trinajstić information content (AvgIpc) is 3.19. The summed E-state index contributed by atoms with van der Waals surface area (Å²) >= 11 is 1.27. The Hall–Kier alpha value is -2.68. The van der Waals surface area contributed by atoms with Crippen LogP contribution in [0.4, 0.5) is 5.00 Å². The molecule has 0 aliphatic heterocycles. The predicted molar refractivity (Wildman–Crippen MR) is 87.6 cm³/mol. The standard InChI is InChI=1S/C15H17N3O5S/c1-4-9-7-10(15(22)23-3)13(24-9)17-12(19)11-5-6-16-18(11)8(2)14(20)21/h5-8H,4H2,1-3H3,(H,17,19)(H,20,21). The Labute approximate surface area is 142 Å². The first-order chi connectivity index (χ1) is 11.4. The molecule has 2 N–H and O–H groups in total. The number of esters is 1. The summed E-state index contributed by atoms with van der Waals surface area (Å²) in [6.45, 7) is 3.36. The molecule has 0 fully saturated rings. The van der Waals surface area contributed by atoms with Gasteiger partial charge in [-0.3, -0.25) is 4.79 Å². The third kappa shape index (κ3) is 3.46. The van der Waals surface area contributed by atoms with E-state index in [0.29, 0.717) is 11.4 Å². The zero-order valence-electron chi connectivity index (χ0n) is 13.4. The van der Waals surface area contributed by atoms with Crippen LogP contribution in [0.3, 0.4) is 0 Å². The number of nitrogens with zero attached hydrogens (tertiary/aromatic N) is 2. The van der Waals surface area contributed by atoms with Crippen LogP contribution in [0.25, 0.3) is 0 Å². The molecular weight excluding hydrogens is 334 g/mol. The molecule has 128 valence electrons. The number of carboxylic acids is 1. The number of carbonyl (C=O) groups is 3. The van der Waals surface area contributed by atoms with E-state index in [0.717, 1.165) is 9.56 Å². The van der Waals surface area contributed by atoms with Crippen LogP contribution in [0.5, 0.6) is 0 Å². The van der Waals surface area contributed by atoms with Crippen molar-refractivity contribution in [3.63, 3.8) is 0 Å². The van der Waals surface area contributed by atoms with Crippen molar-refractivity contribution in [2.75, 3.05) is 12.4 Å². The van der Waals surface area contributed by atoms with Crippen molar-refractivity contribution in [2.45, 2.75) is 26.3 Å². The first-order valence-corrected chi connectivity index (χ1v) is 7.99. The van der Waals surface area contributed by atoms with Gasteiger partial charge in [0.05, 0.1) is 12.7 Å². The smallest absolute Gasteiger partial charge is 0.340 e. The molecule has 0 aliphatic carbocycles. The maximum Gasteiger partial charge on any atom is 0.340 e. The molecule has 1 unspecified atom stereocenters. The van der Waals surface area contributed by atoms with Gasteiger partial charge in [-0.15, -0.1) is 11.3 Å². The summed E-state index contributed by atoms with van der Waals surface area (Å²) in [7, 11) is 1.26. The third-order valence-corrected chi connectivity index (χ3v) is 4.59. The molecular formula is C15H17N3O5S. The minimum absolute atomic E-state index is 0.0900. The van der Waals surface area contributed by atoms with Crippen molar-refractivity contribution in [3.05, 3.63) is 34.5 Å². The molecule has 1 amide bonds. The Morgan fingerprint density at radius 1 is 1.46 bits per heavy atom. The van der Waals surface area contributed by atoms with Crippen LogP contribution in [0.1, 0.15) is 45.6 Å². The number of hydrogen-bond acceptors (Lipinski definition) is 6. The topological polar surface area (TPSA) is 111 Å². The van der Waals surface area contributed by atoms with Gasteiger partial charge in [-0.05, 0) is 25.5 Å². The zero-order chi connectivity index (χ0) is 17.9. The summed E-state index contributed by atoms with van der Waals surface area (Å²) in [5.74, 6) is -2.20. The molecule has 0 radical (unpaired) electrons. The van der Waals surface area contributed by atoms with Crippen LogP contribution in [-0.2, 0) is 16.0 Å². The highest BCUT2D eigenvalue weighted by molar-refractivity contribution is 7.16. The fourth-order valence-electron chi connectivity index (χ4n) is 2.05. The Kier molecular flexibility index (Phi) is 5.35. The van der Waals surface area contributed by atoms with Gasteiger partial charge in [-0.2, -0.15) is 5.10 Å². The molecule has 8 nitrogen and oxygen atoms in total.